The Morgan fingerprint density at radius 3 is 2.53 bits per heavy atom. The molecule has 10 nitrogen and oxygen atoms in total. The zero-order valence-electron chi connectivity index (χ0n) is 24.9. The zero-order chi connectivity index (χ0) is 30.0. The Kier molecular flexibility index (Phi) is 8.22. The van der Waals surface area contributed by atoms with Gasteiger partial charge in [-0.2, -0.15) is 0 Å². The number of likely N-dealkylation sites (N-methyl/N-ethyl adjacent to an activating group) is 1. The minimum Gasteiger partial charge on any atom is -0.445 e. The van der Waals surface area contributed by atoms with Crippen molar-refractivity contribution >= 4 is 23.7 Å². The first-order chi connectivity index (χ1) is 20.8. The van der Waals surface area contributed by atoms with Gasteiger partial charge in [0.15, 0.2) is 0 Å². The number of urea groups is 1. The average molecular weight is 590 g/mol. The summed E-state index contributed by atoms with van der Waals surface area (Å²) in [5.74, 6) is -0.0510. The van der Waals surface area contributed by atoms with E-state index >= 15 is 0 Å². The van der Waals surface area contributed by atoms with E-state index < -0.39 is 23.9 Å². The number of hydrogen-bond acceptors (Lipinski definition) is 6. The summed E-state index contributed by atoms with van der Waals surface area (Å²) in [6.45, 7) is 1.40. The van der Waals surface area contributed by atoms with Gasteiger partial charge in [-0.1, -0.05) is 55.7 Å². The van der Waals surface area contributed by atoms with Gasteiger partial charge in [0.1, 0.15) is 18.4 Å². The second-order valence-corrected chi connectivity index (χ2v) is 12.9. The van der Waals surface area contributed by atoms with E-state index in [0.717, 1.165) is 61.6 Å². The number of aliphatic hydroxyl groups is 1. The lowest BCUT2D eigenvalue weighted by atomic mass is 9.83. The van der Waals surface area contributed by atoms with Crippen LogP contribution < -0.4 is 21.3 Å². The van der Waals surface area contributed by atoms with Crippen LogP contribution >= 0.6 is 0 Å². The Balaban J connectivity index is 1.16. The van der Waals surface area contributed by atoms with Crippen molar-refractivity contribution in [1.29, 1.82) is 0 Å². The Hall–Kier alpha value is -3.79. The third kappa shape index (κ3) is 6.16. The molecule has 3 aliphatic carbocycles. The number of anilines is 1. The lowest BCUT2D eigenvalue weighted by Crippen LogP contribution is -2.67. The van der Waals surface area contributed by atoms with E-state index in [9.17, 15) is 19.5 Å². The fourth-order valence-electron chi connectivity index (χ4n) is 7.24. The molecule has 0 bridgehead atoms. The fraction of sp³-hybridized carbons (Fsp3) is 0.545. The van der Waals surface area contributed by atoms with Crippen LogP contribution in [-0.4, -0.2) is 66.0 Å². The van der Waals surface area contributed by atoms with Crippen LogP contribution in [0, 0.1) is 11.3 Å². The van der Waals surface area contributed by atoms with Gasteiger partial charge < -0.3 is 36.0 Å². The van der Waals surface area contributed by atoms with Crippen LogP contribution in [0.15, 0.2) is 48.5 Å². The van der Waals surface area contributed by atoms with Crippen molar-refractivity contribution in [3.8, 4) is 0 Å². The van der Waals surface area contributed by atoms with Gasteiger partial charge in [-0.3, -0.25) is 4.79 Å². The molecule has 3 fully saturated rings. The van der Waals surface area contributed by atoms with E-state index in [1.54, 1.807) is 11.9 Å². The highest BCUT2D eigenvalue weighted by atomic mass is 16.5. The minimum absolute atomic E-state index is 0.0733. The summed E-state index contributed by atoms with van der Waals surface area (Å²) in [7, 11) is 1.62. The van der Waals surface area contributed by atoms with E-state index in [1.807, 2.05) is 48.5 Å². The van der Waals surface area contributed by atoms with Crippen LogP contribution in [0.2, 0.25) is 0 Å². The molecule has 1 spiro atoms. The first-order valence-corrected chi connectivity index (χ1v) is 15.6. The van der Waals surface area contributed by atoms with E-state index in [1.165, 1.54) is 0 Å². The highest BCUT2D eigenvalue weighted by molar-refractivity contribution is 5.93. The number of ether oxygens (including phenoxy) is 1. The summed E-state index contributed by atoms with van der Waals surface area (Å²) in [5.41, 5.74) is 2.64. The lowest BCUT2D eigenvalue weighted by molar-refractivity contribution is -0.131. The van der Waals surface area contributed by atoms with Gasteiger partial charge >= 0.3 is 12.1 Å². The summed E-state index contributed by atoms with van der Waals surface area (Å²) >= 11 is 0. The van der Waals surface area contributed by atoms with E-state index in [2.05, 4.69) is 21.3 Å². The molecule has 2 aromatic carbocycles. The minimum atomic E-state index is -1.04. The number of alkyl carbamates (subject to hydrolysis) is 1. The first-order valence-electron chi connectivity index (χ1n) is 15.6. The quantitative estimate of drug-likeness (QED) is 0.284. The van der Waals surface area contributed by atoms with Crippen molar-refractivity contribution in [3.63, 3.8) is 0 Å². The summed E-state index contributed by atoms with van der Waals surface area (Å²) in [6.07, 6.45) is 6.45. The molecule has 5 N–H and O–H groups in total. The van der Waals surface area contributed by atoms with Crippen LogP contribution in [-0.2, 0) is 29.0 Å². The van der Waals surface area contributed by atoms with Crippen LogP contribution in [0.25, 0.3) is 0 Å². The molecule has 10 heteroatoms. The molecule has 4 aliphatic rings. The van der Waals surface area contributed by atoms with Crippen LogP contribution in [0.3, 0.4) is 0 Å². The number of nitrogens with one attached hydrogen (secondary N) is 4. The van der Waals surface area contributed by atoms with E-state index in [-0.39, 0.29) is 29.9 Å². The monoisotopic (exact) mass is 589 g/mol. The molecule has 1 aliphatic heterocycles. The number of aliphatic hydroxyl groups excluding tert-OH is 1. The normalized spacial score (nSPS) is 24.0. The number of fused-ring (bicyclic) bond motifs is 1. The van der Waals surface area contributed by atoms with Gasteiger partial charge in [0.05, 0.1) is 6.04 Å². The highest BCUT2D eigenvalue weighted by Crippen LogP contribution is 2.49. The van der Waals surface area contributed by atoms with Gasteiger partial charge in [-0.25, -0.2) is 9.59 Å². The predicted molar refractivity (Wildman–Crippen MR) is 162 cm³/mol. The molecule has 43 heavy (non-hydrogen) atoms. The second kappa shape index (κ2) is 12.1. The van der Waals surface area contributed by atoms with E-state index in [4.69, 9.17) is 4.74 Å². The fourth-order valence-corrected chi connectivity index (χ4v) is 7.24. The molecule has 2 aromatic rings. The van der Waals surface area contributed by atoms with Gasteiger partial charge in [0.25, 0.3) is 0 Å². The Morgan fingerprint density at radius 2 is 1.81 bits per heavy atom. The number of nitrogens with zero attached hydrogens (tertiary/aromatic N) is 1. The van der Waals surface area contributed by atoms with Crippen molar-refractivity contribution in [2.75, 3.05) is 25.5 Å². The molecule has 1 heterocycles. The molecule has 6 rings (SSSR count). The van der Waals surface area contributed by atoms with Crippen molar-refractivity contribution in [3.05, 3.63) is 65.2 Å². The molecule has 3 atom stereocenters. The third-order valence-electron chi connectivity index (χ3n) is 9.96. The van der Waals surface area contributed by atoms with Gasteiger partial charge in [0.2, 0.25) is 5.91 Å². The Morgan fingerprint density at radius 1 is 1.07 bits per heavy atom. The largest absolute Gasteiger partial charge is 0.445 e. The number of carbonyl (C=O) groups is 3. The summed E-state index contributed by atoms with van der Waals surface area (Å²) in [5, 5.41) is 23.4. The van der Waals surface area contributed by atoms with Crippen LogP contribution in [0.4, 0.5) is 15.3 Å². The van der Waals surface area contributed by atoms with E-state index in [0.29, 0.717) is 31.6 Å². The maximum Gasteiger partial charge on any atom is 0.407 e. The molecule has 4 amide bonds. The maximum atomic E-state index is 13.4. The molecule has 0 radical (unpaired) electrons. The molecular weight excluding hydrogens is 546 g/mol. The molecule has 0 unspecified atom stereocenters. The molecule has 0 aromatic heterocycles. The zero-order valence-corrected chi connectivity index (χ0v) is 24.9. The average Bonchev–Trinajstić information content (AvgIpc) is 3.68. The van der Waals surface area contributed by atoms with Crippen molar-refractivity contribution < 1.29 is 24.2 Å². The second-order valence-electron chi connectivity index (χ2n) is 12.9. The predicted octanol–water partition coefficient (Wildman–Crippen LogP) is 3.68. The molecule has 230 valence electrons. The summed E-state index contributed by atoms with van der Waals surface area (Å²) in [4.78, 5) is 41.1. The van der Waals surface area contributed by atoms with Gasteiger partial charge in [-0.15, -0.1) is 0 Å². The van der Waals surface area contributed by atoms with Crippen molar-refractivity contribution in [1.82, 2.24) is 20.9 Å². The molecule has 1 saturated heterocycles. The summed E-state index contributed by atoms with van der Waals surface area (Å²) < 4.78 is 5.49. The highest BCUT2D eigenvalue weighted by Gasteiger charge is 2.57. The molecular formula is C33H43N5O5. The first kappa shape index (κ1) is 29.3. The van der Waals surface area contributed by atoms with Crippen molar-refractivity contribution in [2.45, 2.75) is 82.2 Å². The van der Waals surface area contributed by atoms with Crippen molar-refractivity contribution in [2.24, 2.45) is 11.3 Å². The number of rotatable bonds is 9. The maximum absolute atomic E-state index is 13.4. The standard InChI is InChI=1S/C33H43N5O5/c1-34-29(40)33(38-21-32(14-15-32)20-35-30(38)41)17-24-12-13-26(16-25(24)18-33)36-28(39)27(23-10-6-3-7-11-23)37-31(42)43-19-22-8-4-2-5-9-22/h2,4-5,8-9,12-13,16,23,27-28,36,39H,3,6-7,10-11,14-15,17-21H2,1H3,(H,34,40)(H,35,41)(H,37,42)/t27-,28-,33-/m0/s1. The topological polar surface area (TPSA) is 132 Å². The van der Waals surface area contributed by atoms with Gasteiger partial charge in [0, 0.05) is 44.1 Å². The summed E-state index contributed by atoms with van der Waals surface area (Å²) in [6, 6.07) is 14.6. The molecule has 2 saturated carbocycles. The Bertz CT molecular complexity index is 1340. The number of benzene rings is 2. The number of hydrogen-bond donors (Lipinski definition) is 5. The lowest BCUT2D eigenvalue weighted by Gasteiger charge is -2.44. The van der Waals surface area contributed by atoms with Crippen LogP contribution in [0.1, 0.15) is 61.6 Å². The van der Waals surface area contributed by atoms with Crippen LogP contribution in [0.5, 0.6) is 0 Å². The van der Waals surface area contributed by atoms with Gasteiger partial charge in [-0.05, 0) is 60.4 Å². The smallest absolute Gasteiger partial charge is 0.407 e. The SMILES string of the molecule is CNC(=O)[C@]1(N2CC3(CC3)CNC2=O)Cc2ccc(N[C@@H](O)[C@@H](NC(=O)OCc3ccccc3)C3CCCCC3)cc2C1. The Labute approximate surface area is 252 Å². The third-order valence-corrected chi connectivity index (χ3v) is 9.96. The number of amides is 4. The number of carbonyl (C=O) groups excluding carboxylic acids is 3.